The van der Waals surface area contributed by atoms with Gasteiger partial charge in [-0.2, -0.15) is 0 Å². The molecule has 2 heterocycles. The van der Waals surface area contributed by atoms with Crippen LogP contribution < -0.4 is 4.74 Å². The third-order valence-corrected chi connectivity index (χ3v) is 6.81. The van der Waals surface area contributed by atoms with Crippen molar-refractivity contribution in [2.45, 2.75) is 44.4 Å². The van der Waals surface area contributed by atoms with Gasteiger partial charge in [-0.3, -0.25) is 4.90 Å². The lowest BCUT2D eigenvalue weighted by atomic mass is 9.82. The average Bonchev–Trinajstić information content (AvgIpc) is 2.97. The first-order chi connectivity index (χ1) is 14.7. The summed E-state index contributed by atoms with van der Waals surface area (Å²) in [5, 5.41) is 11.3. The number of aliphatic hydroxyl groups is 1. The molecule has 1 atom stereocenters. The molecule has 0 saturated carbocycles. The molecule has 3 aromatic rings. The van der Waals surface area contributed by atoms with Crippen molar-refractivity contribution >= 4 is 0 Å². The molecule has 3 heteroatoms. The van der Waals surface area contributed by atoms with E-state index in [0.717, 1.165) is 43.7 Å². The Kier molecular flexibility index (Phi) is 5.10. The third-order valence-electron chi connectivity index (χ3n) is 6.81. The molecule has 5 rings (SSSR count). The van der Waals surface area contributed by atoms with Gasteiger partial charge in [0.1, 0.15) is 12.4 Å². The number of likely N-dealkylation sites (tertiary alicyclic amines) is 1. The summed E-state index contributed by atoms with van der Waals surface area (Å²) >= 11 is 0. The Labute approximate surface area is 178 Å². The highest BCUT2D eigenvalue weighted by molar-refractivity contribution is 5.48. The maximum absolute atomic E-state index is 11.3. The zero-order valence-electron chi connectivity index (χ0n) is 17.6. The Hall–Kier alpha value is -2.62. The molecular weight excluding hydrogens is 370 g/mol. The summed E-state index contributed by atoms with van der Waals surface area (Å²) in [5.41, 5.74) is 5.45. The van der Waals surface area contributed by atoms with Crippen LogP contribution in [0, 0.1) is 0 Å². The van der Waals surface area contributed by atoms with Crippen molar-refractivity contribution in [2.24, 2.45) is 0 Å². The Morgan fingerprint density at radius 3 is 2.43 bits per heavy atom. The van der Waals surface area contributed by atoms with Gasteiger partial charge in [0.2, 0.25) is 0 Å². The van der Waals surface area contributed by atoms with Gasteiger partial charge in [-0.15, -0.1) is 0 Å². The maximum atomic E-state index is 11.3. The lowest BCUT2D eigenvalue weighted by Gasteiger charge is -2.42. The van der Waals surface area contributed by atoms with E-state index in [4.69, 9.17) is 4.74 Å². The normalized spacial score (nSPS) is 20.5. The predicted octanol–water partition coefficient (Wildman–Crippen LogP) is 5.21. The van der Waals surface area contributed by atoms with Crippen LogP contribution in [0.5, 0.6) is 5.75 Å². The summed E-state index contributed by atoms with van der Waals surface area (Å²) in [7, 11) is 0. The molecule has 0 aromatic heterocycles. The minimum absolute atomic E-state index is 0.158. The Balaban J connectivity index is 1.51. The van der Waals surface area contributed by atoms with E-state index in [2.05, 4.69) is 54.3 Å². The summed E-state index contributed by atoms with van der Waals surface area (Å²) < 4.78 is 6.23. The molecule has 3 aromatic carbocycles. The largest absolute Gasteiger partial charge is 0.489 e. The van der Waals surface area contributed by atoms with E-state index in [0.29, 0.717) is 6.61 Å². The number of benzene rings is 3. The number of hydrogen-bond acceptors (Lipinski definition) is 3. The van der Waals surface area contributed by atoms with Crippen LogP contribution >= 0.6 is 0 Å². The second kappa shape index (κ2) is 7.90. The van der Waals surface area contributed by atoms with E-state index in [9.17, 15) is 5.11 Å². The van der Waals surface area contributed by atoms with Crippen LogP contribution in [0.2, 0.25) is 0 Å². The smallest absolute Gasteiger partial charge is 0.124 e. The van der Waals surface area contributed by atoms with Crippen molar-refractivity contribution in [1.29, 1.82) is 0 Å². The quantitative estimate of drug-likeness (QED) is 0.656. The van der Waals surface area contributed by atoms with Crippen molar-refractivity contribution in [3.63, 3.8) is 0 Å². The lowest BCUT2D eigenvalue weighted by molar-refractivity contribution is -0.0325. The summed E-state index contributed by atoms with van der Waals surface area (Å²) in [4.78, 5) is 2.53. The minimum Gasteiger partial charge on any atom is -0.489 e. The van der Waals surface area contributed by atoms with Crippen molar-refractivity contribution < 1.29 is 9.84 Å². The zero-order valence-corrected chi connectivity index (χ0v) is 17.6. The number of piperidine rings is 1. The van der Waals surface area contributed by atoms with Crippen molar-refractivity contribution in [3.05, 3.63) is 101 Å². The first-order valence-electron chi connectivity index (χ1n) is 11.0. The van der Waals surface area contributed by atoms with E-state index in [1.54, 1.807) is 0 Å². The van der Waals surface area contributed by atoms with Crippen LogP contribution in [0.3, 0.4) is 0 Å². The molecule has 154 valence electrons. The molecule has 3 nitrogen and oxygen atoms in total. The van der Waals surface area contributed by atoms with Gasteiger partial charge in [0.15, 0.2) is 0 Å². The van der Waals surface area contributed by atoms with Gasteiger partial charge in [0.05, 0.1) is 11.6 Å². The monoisotopic (exact) mass is 399 g/mol. The molecule has 0 radical (unpaired) electrons. The number of fused-ring (bicyclic) bond motifs is 2. The summed E-state index contributed by atoms with van der Waals surface area (Å²) in [6, 6.07) is 25.6. The van der Waals surface area contributed by atoms with Gasteiger partial charge >= 0.3 is 0 Å². The Bertz CT molecular complexity index is 1020. The highest BCUT2D eigenvalue weighted by Crippen LogP contribution is 2.43. The highest BCUT2D eigenvalue weighted by Gasteiger charge is 2.38. The predicted molar refractivity (Wildman–Crippen MR) is 120 cm³/mol. The van der Waals surface area contributed by atoms with Crippen LogP contribution in [0.25, 0.3) is 0 Å². The average molecular weight is 400 g/mol. The molecule has 2 aliphatic heterocycles. The standard InChI is InChI=1S/C27H29NO2/c1-2-20-12-13-25-24(18-20)26(23-11-7-6-8-21(23)19-30-25)28-16-14-27(29,15-17-28)22-9-4-3-5-10-22/h3-13,18,26,29H,2,14-17,19H2,1H3. The molecule has 0 spiro atoms. The number of hydrogen-bond donors (Lipinski definition) is 1. The van der Waals surface area contributed by atoms with Crippen LogP contribution in [-0.2, 0) is 18.6 Å². The number of ether oxygens (including phenoxy) is 1. The van der Waals surface area contributed by atoms with E-state index in [1.807, 2.05) is 30.3 Å². The van der Waals surface area contributed by atoms with Crippen LogP contribution in [0.1, 0.15) is 53.6 Å². The Morgan fingerprint density at radius 1 is 0.933 bits per heavy atom. The van der Waals surface area contributed by atoms with E-state index < -0.39 is 5.60 Å². The first-order valence-corrected chi connectivity index (χ1v) is 11.0. The summed E-state index contributed by atoms with van der Waals surface area (Å²) in [6.45, 7) is 4.50. The van der Waals surface area contributed by atoms with Crippen LogP contribution in [0.4, 0.5) is 0 Å². The van der Waals surface area contributed by atoms with E-state index in [-0.39, 0.29) is 6.04 Å². The van der Waals surface area contributed by atoms with Gasteiger partial charge in [-0.25, -0.2) is 0 Å². The van der Waals surface area contributed by atoms with Gasteiger partial charge in [-0.05, 0) is 47.6 Å². The van der Waals surface area contributed by atoms with Crippen LogP contribution in [0.15, 0.2) is 72.8 Å². The van der Waals surface area contributed by atoms with Gasteiger partial charge in [-0.1, -0.05) is 73.7 Å². The summed E-state index contributed by atoms with van der Waals surface area (Å²) in [5.74, 6) is 0.984. The molecule has 1 fully saturated rings. The van der Waals surface area contributed by atoms with Crippen molar-refractivity contribution in [1.82, 2.24) is 4.90 Å². The van der Waals surface area contributed by atoms with E-state index in [1.165, 1.54) is 22.3 Å². The third kappa shape index (κ3) is 3.42. The SMILES string of the molecule is CCc1ccc2c(c1)C(N1CCC(O)(c3ccccc3)CC1)c1ccccc1CO2. The second-order valence-corrected chi connectivity index (χ2v) is 8.55. The number of rotatable bonds is 3. The molecule has 1 unspecified atom stereocenters. The fourth-order valence-corrected chi connectivity index (χ4v) is 5.00. The Morgan fingerprint density at radius 2 is 1.67 bits per heavy atom. The van der Waals surface area contributed by atoms with Crippen molar-refractivity contribution in [2.75, 3.05) is 13.1 Å². The molecular formula is C27H29NO2. The van der Waals surface area contributed by atoms with Gasteiger partial charge < -0.3 is 9.84 Å². The lowest BCUT2D eigenvalue weighted by Crippen LogP contribution is -2.44. The van der Waals surface area contributed by atoms with Crippen molar-refractivity contribution in [3.8, 4) is 5.75 Å². The fourth-order valence-electron chi connectivity index (χ4n) is 5.00. The highest BCUT2D eigenvalue weighted by atomic mass is 16.5. The van der Waals surface area contributed by atoms with E-state index >= 15 is 0 Å². The zero-order chi connectivity index (χ0) is 20.6. The fraction of sp³-hybridized carbons (Fsp3) is 0.333. The molecule has 0 bridgehead atoms. The topological polar surface area (TPSA) is 32.7 Å². The molecule has 1 N–H and O–H groups in total. The number of nitrogens with zero attached hydrogens (tertiary/aromatic N) is 1. The number of aryl methyl sites for hydroxylation is 1. The van der Waals surface area contributed by atoms with Gasteiger partial charge in [0, 0.05) is 18.7 Å². The van der Waals surface area contributed by atoms with Crippen LogP contribution in [-0.4, -0.2) is 23.1 Å². The second-order valence-electron chi connectivity index (χ2n) is 8.55. The van der Waals surface area contributed by atoms with Gasteiger partial charge in [0.25, 0.3) is 0 Å². The molecule has 2 aliphatic rings. The first kappa shape index (κ1) is 19.3. The summed E-state index contributed by atoms with van der Waals surface area (Å²) in [6.07, 6.45) is 2.48. The maximum Gasteiger partial charge on any atom is 0.124 e. The molecule has 0 aliphatic carbocycles. The molecule has 1 saturated heterocycles. The molecule has 30 heavy (non-hydrogen) atoms. The minimum atomic E-state index is -0.743. The molecule has 0 amide bonds.